The van der Waals surface area contributed by atoms with Crippen LogP contribution in [-0.4, -0.2) is 77.0 Å². The van der Waals surface area contributed by atoms with Crippen LogP contribution in [0.25, 0.3) is 5.65 Å². The first-order valence-electron chi connectivity index (χ1n) is 12.2. The van der Waals surface area contributed by atoms with Gasteiger partial charge in [0.1, 0.15) is 18.4 Å². The van der Waals surface area contributed by atoms with Crippen molar-refractivity contribution in [2.75, 3.05) is 40.6 Å². The summed E-state index contributed by atoms with van der Waals surface area (Å²) >= 11 is 0. The molecule has 2 heterocycles. The third-order valence-corrected chi connectivity index (χ3v) is 5.70. The Balaban J connectivity index is 0.00000507. The summed E-state index contributed by atoms with van der Waals surface area (Å²) in [6.07, 6.45) is 0.132. The van der Waals surface area contributed by atoms with Crippen LogP contribution in [0.15, 0.2) is 24.3 Å². The number of ether oxygens (including phenoxy) is 4. The molecular weight excluding hydrogens is 514 g/mol. The first-order valence-corrected chi connectivity index (χ1v) is 12.2. The predicted molar refractivity (Wildman–Crippen MR) is 144 cm³/mol. The van der Waals surface area contributed by atoms with Crippen LogP contribution in [0.4, 0.5) is 0 Å². The molecule has 210 valence electrons. The Bertz CT molecular complexity index is 1280. The monoisotopic (exact) mass is 551 g/mol. The lowest BCUT2D eigenvalue weighted by Crippen LogP contribution is -2.29. The van der Waals surface area contributed by atoms with Gasteiger partial charge in [-0.15, -0.1) is 22.6 Å². The third-order valence-electron chi connectivity index (χ3n) is 5.70. The van der Waals surface area contributed by atoms with Crippen LogP contribution in [0.5, 0.6) is 11.6 Å². The van der Waals surface area contributed by atoms with Crippen molar-refractivity contribution in [1.29, 1.82) is 5.41 Å². The number of hydrogen-bond donors (Lipinski definition) is 2. The van der Waals surface area contributed by atoms with Crippen molar-refractivity contribution in [3.8, 4) is 11.6 Å². The Morgan fingerprint density at radius 1 is 1.11 bits per heavy atom. The quantitative estimate of drug-likeness (QED) is 0.245. The maximum absolute atomic E-state index is 13.3. The number of carbonyl (C=O) groups excluding carboxylic acids is 1. The fourth-order valence-electron chi connectivity index (χ4n) is 3.72. The Labute approximate surface area is 228 Å². The molecular formula is C26H38ClN5O6. The van der Waals surface area contributed by atoms with E-state index >= 15 is 0 Å². The number of aryl methyl sites for hydroxylation is 1. The number of benzene rings is 1. The summed E-state index contributed by atoms with van der Waals surface area (Å²) in [7, 11) is 3.15. The number of aliphatic hydroxyl groups is 1. The molecule has 0 radical (unpaired) electrons. The zero-order valence-electron chi connectivity index (χ0n) is 22.8. The summed E-state index contributed by atoms with van der Waals surface area (Å²) in [5, 5.41) is 26.5. The molecule has 0 spiro atoms. The van der Waals surface area contributed by atoms with E-state index in [0.717, 1.165) is 11.1 Å². The molecule has 0 saturated carbocycles. The zero-order chi connectivity index (χ0) is 27.2. The highest BCUT2D eigenvalue weighted by Gasteiger charge is 2.20. The summed E-state index contributed by atoms with van der Waals surface area (Å²) in [5.74, 6) is 0.654. The lowest BCUT2D eigenvalue weighted by Gasteiger charge is -2.21. The molecule has 12 heteroatoms. The van der Waals surface area contributed by atoms with Crippen molar-refractivity contribution in [3.63, 3.8) is 0 Å². The summed E-state index contributed by atoms with van der Waals surface area (Å²) in [5.41, 5.74) is 2.35. The average Bonchev–Trinajstić information content (AvgIpc) is 3.14. The van der Waals surface area contributed by atoms with Gasteiger partial charge in [0, 0.05) is 44.4 Å². The van der Waals surface area contributed by atoms with Gasteiger partial charge in [-0.25, -0.2) is 4.68 Å². The minimum atomic E-state index is -0.366. The van der Waals surface area contributed by atoms with Gasteiger partial charge in [0.05, 0.1) is 19.8 Å². The second-order valence-corrected chi connectivity index (χ2v) is 9.88. The van der Waals surface area contributed by atoms with Crippen molar-refractivity contribution in [2.45, 2.75) is 52.2 Å². The lowest BCUT2D eigenvalue weighted by molar-refractivity contribution is 0.0214. The fourth-order valence-corrected chi connectivity index (χ4v) is 3.72. The molecule has 2 aromatic heterocycles. The summed E-state index contributed by atoms with van der Waals surface area (Å²) in [6, 6.07) is 7.19. The van der Waals surface area contributed by atoms with Crippen molar-refractivity contribution in [1.82, 2.24) is 19.4 Å². The van der Waals surface area contributed by atoms with Gasteiger partial charge in [-0.05, 0) is 36.1 Å². The number of carbonyl (C=O) groups is 1. The van der Waals surface area contributed by atoms with Gasteiger partial charge in [-0.3, -0.25) is 10.2 Å². The zero-order valence-corrected chi connectivity index (χ0v) is 23.6. The summed E-state index contributed by atoms with van der Waals surface area (Å²) < 4.78 is 24.7. The smallest absolute Gasteiger partial charge is 0.242 e. The van der Waals surface area contributed by atoms with Gasteiger partial charge in [0.15, 0.2) is 11.4 Å². The molecule has 0 atom stereocenters. The van der Waals surface area contributed by atoms with Gasteiger partial charge in [0.25, 0.3) is 0 Å². The Morgan fingerprint density at radius 2 is 1.79 bits per heavy atom. The second-order valence-electron chi connectivity index (χ2n) is 9.88. The normalized spacial score (nSPS) is 11.6. The summed E-state index contributed by atoms with van der Waals surface area (Å²) in [6.45, 7) is 8.89. The van der Waals surface area contributed by atoms with E-state index in [2.05, 4.69) is 31.0 Å². The van der Waals surface area contributed by atoms with Crippen molar-refractivity contribution < 1.29 is 28.8 Å². The van der Waals surface area contributed by atoms with Crippen molar-refractivity contribution in [2.24, 2.45) is 0 Å². The van der Waals surface area contributed by atoms with Crippen LogP contribution in [0.1, 0.15) is 48.7 Å². The molecule has 0 unspecified atom stereocenters. The number of nitrogens with zero attached hydrogens (tertiary/aromatic N) is 4. The van der Waals surface area contributed by atoms with E-state index in [1.54, 1.807) is 26.4 Å². The van der Waals surface area contributed by atoms with Crippen LogP contribution in [0.3, 0.4) is 0 Å². The molecule has 3 rings (SSSR count). The van der Waals surface area contributed by atoms with E-state index in [1.165, 1.54) is 9.20 Å². The van der Waals surface area contributed by atoms with Crippen LogP contribution < -0.4 is 15.1 Å². The minimum absolute atomic E-state index is 0. The number of hydrogen-bond acceptors (Lipinski definition) is 9. The highest BCUT2D eigenvalue weighted by Crippen LogP contribution is 2.28. The van der Waals surface area contributed by atoms with Gasteiger partial charge in [-0.1, -0.05) is 20.8 Å². The van der Waals surface area contributed by atoms with Gasteiger partial charge in [0.2, 0.25) is 11.5 Å². The SMILES string of the molecule is COCC(COC)Oc1cc(C)c2nn(CC(=O)c3cc(OCCCO)cc(C(C)(C)C)c3)c(=N)n2n1.Cl. The number of aliphatic hydroxyl groups excluding tert-OH is 1. The molecule has 3 aromatic rings. The average molecular weight is 552 g/mol. The Kier molecular flexibility index (Phi) is 11.3. The van der Waals surface area contributed by atoms with E-state index < -0.39 is 0 Å². The maximum Gasteiger partial charge on any atom is 0.242 e. The molecule has 0 saturated heterocycles. The lowest BCUT2D eigenvalue weighted by atomic mass is 9.85. The fraction of sp³-hybridized carbons (Fsp3) is 0.538. The number of methoxy groups -OCH3 is 2. The second kappa shape index (κ2) is 13.7. The van der Waals surface area contributed by atoms with Crippen LogP contribution in [0, 0.1) is 12.3 Å². The molecule has 2 N–H and O–H groups in total. The Hall–Kier alpha value is -2.99. The van der Waals surface area contributed by atoms with Crippen LogP contribution in [0.2, 0.25) is 0 Å². The molecule has 0 fully saturated rings. The highest BCUT2D eigenvalue weighted by molar-refractivity contribution is 5.96. The van der Waals surface area contributed by atoms with Gasteiger partial charge >= 0.3 is 0 Å². The number of aromatic nitrogens is 4. The molecule has 38 heavy (non-hydrogen) atoms. The maximum atomic E-state index is 13.3. The molecule has 11 nitrogen and oxygen atoms in total. The molecule has 0 aliphatic heterocycles. The molecule has 0 amide bonds. The number of rotatable bonds is 13. The van der Waals surface area contributed by atoms with E-state index in [9.17, 15) is 4.79 Å². The van der Waals surface area contributed by atoms with E-state index in [1.807, 2.05) is 19.1 Å². The first kappa shape index (κ1) is 31.2. The van der Waals surface area contributed by atoms with E-state index in [0.29, 0.717) is 49.1 Å². The molecule has 1 aromatic carbocycles. The van der Waals surface area contributed by atoms with Crippen LogP contribution in [-0.2, 0) is 21.4 Å². The number of fused-ring (bicyclic) bond motifs is 1. The molecule has 0 aliphatic carbocycles. The van der Waals surface area contributed by atoms with Crippen LogP contribution >= 0.6 is 12.4 Å². The number of ketones is 1. The topological polar surface area (TPSA) is 133 Å². The van der Waals surface area contributed by atoms with Gasteiger partial charge < -0.3 is 24.1 Å². The molecule has 0 aliphatic rings. The van der Waals surface area contributed by atoms with Crippen molar-refractivity contribution in [3.05, 3.63) is 46.6 Å². The van der Waals surface area contributed by atoms with E-state index in [4.69, 9.17) is 29.5 Å². The largest absolute Gasteiger partial charge is 0.493 e. The molecule has 0 bridgehead atoms. The summed E-state index contributed by atoms with van der Waals surface area (Å²) in [4.78, 5) is 13.3. The van der Waals surface area contributed by atoms with Crippen molar-refractivity contribution >= 4 is 23.8 Å². The number of Topliss-reactive ketones (excluding diaryl/α,β-unsaturated/α-hetero) is 1. The predicted octanol–water partition coefficient (Wildman–Crippen LogP) is 2.72. The number of halogens is 1. The third kappa shape index (κ3) is 7.76. The standard InChI is InChI=1S/C26H37N5O6.ClH/c1-17-10-23(37-21(15-34-5)16-35-6)28-31-24(17)29-30(25(31)27)14-22(33)18-11-19(26(2,3)4)13-20(12-18)36-9-7-8-32;/h10-13,21,27,32H,7-9,14-16H2,1-6H3;1H. The number of nitrogens with one attached hydrogen (secondary N) is 1. The van der Waals surface area contributed by atoms with Gasteiger partial charge in [-0.2, -0.15) is 4.52 Å². The Morgan fingerprint density at radius 3 is 2.39 bits per heavy atom. The van der Waals surface area contributed by atoms with E-state index in [-0.39, 0.29) is 48.5 Å². The highest BCUT2D eigenvalue weighted by atomic mass is 35.5. The minimum Gasteiger partial charge on any atom is -0.493 e. The first-order chi connectivity index (χ1) is 17.6.